The van der Waals surface area contributed by atoms with E-state index in [9.17, 15) is 4.79 Å². The van der Waals surface area contributed by atoms with E-state index < -0.39 is 0 Å². The molecule has 1 aliphatic heterocycles. The van der Waals surface area contributed by atoms with Crippen LogP contribution < -0.4 is 4.90 Å². The second-order valence-electron chi connectivity index (χ2n) is 7.25. The average Bonchev–Trinajstić information content (AvgIpc) is 3.16. The van der Waals surface area contributed by atoms with Crippen LogP contribution in [0.3, 0.4) is 0 Å². The number of aromatic amines is 1. The summed E-state index contributed by atoms with van der Waals surface area (Å²) in [5, 5.41) is 0. The summed E-state index contributed by atoms with van der Waals surface area (Å²) in [4.78, 5) is 37.7. The normalized spacial score (nSPS) is 14.7. The van der Waals surface area contributed by atoms with Gasteiger partial charge in [0.05, 0.1) is 23.6 Å². The maximum Gasteiger partial charge on any atom is 0.253 e. The summed E-state index contributed by atoms with van der Waals surface area (Å²) in [6.07, 6.45) is 9.56. The van der Waals surface area contributed by atoms with Gasteiger partial charge < -0.3 is 14.8 Å². The monoisotopic (exact) mass is 399 g/mol. The fourth-order valence-electron chi connectivity index (χ4n) is 3.85. The van der Waals surface area contributed by atoms with Crippen LogP contribution in [0.25, 0.3) is 22.2 Å². The minimum Gasteiger partial charge on any atom is -0.343 e. The molecule has 0 unspecified atom stereocenters. The molecule has 8 nitrogen and oxygen atoms in total. The number of carbonyl (C=O) groups excluding carboxylic acids is 1. The fraction of sp³-hybridized carbons (Fsp3) is 0.227. The van der Waals surface area contributed by atoms with Crippen molar-refractivity contribution in [2.24, 2.45) is 0 Å². The van der Waals surface area contributed by atoms with Crippen molar-refractivity contribution in [2.75, 3.05) is 31.1 Å². The Morgan fingerprint density at radius 3 is 2.77 bits per heavy atom. The Labute approximate surface area is 173 Å². The molecule has 0 radical (unpaired) electrons. The minimum atomic E-state index is 0.0369. The summed E-state index contributed by atoms with van der Waals surface area (Å²) < 4.78 is 0. The summed E-state index contributed by atoms with van der Waals surface area (Å²) in [5.41, 5.74) is 4.24. The third kappa shape index (κ3) is 3.47. The smallest absolute Gasteiger partial charge is 0.253 e. The number of fused-ring (bicyclic) bond motifs is 1. The molecule has 4 aromatic rings. The number of carbonyl (C=O) groups is 1. The molecule has 150 valence electrons. The number of hydrogen-bond donors (Lipinski definition) is 1. The lowest BCUT2D eigenvalue weighted by atomic mass is 10.0. The number of benzene rings is 1. The van der Waals surface area contributed by atoms with Crippen molar-refractivity contribution in [3.05, 3.63) is 67.0 Å². The quantitative estimate of drug-likeness (QED) is 0.570. The molecule has 1 saturated heterocycles. The van der Waals surface area contributed by atoms with Crippen LogP contribution in [0.15, 0.2) is 61.4 Å². The highest BCUT2D eigenvalue weighted by Crippen LogP contribution is 2.26. The van der Waals surface area contributed by atoms with Gasteiger partial charge in [-0.05, 0) is 30.2 Å². The van der Waals surface area contributed by atoms with E-state index in [-0.39, 0.29) is 5.91 Å². The van der Waals surface area contributed by atoms with Crippen molar-refractivity contribution in [1.29, 1.82) is 0 Å². The molecule has 1 amide bonds. The minimum absolute atomic E-state index is 0.0369. The van der Waals surface area contributed by atoms with E-state index in [0.29, 0.717) is 31.1 Å². The highest BCUT2D eigenvalue weighted by atomic mass is 16.2. The molecule has 0 atom stereocenters. The Bertz CT molecular complexity index is 1170. The largest absolute Gasteiger partial charge is 0.343 e. The van der Waals surface area contributed by atoms with E-state index in [1.54, 1.807) is 31.1 Å². The van der Waals surface area contributed by atoms with Crippen molar-refractivity contribution in [2.45, 2.75) is 6.42 Å². The van der Waals surface area contributed by atoms with E-state index >= 15 is 0 Å². The van der Waals surface area contributed by atoms with Crippen LogP contribution in [0.2, 0.25) is 0 Å². The van der Waals surface area contributed by atoms with Crippen molar-refractivity contribution < 1.29 is 4.79 Å². The first-order chi connectivity index (χ1) is 14.8. The van der Waals surface area contributed by atoms with Crippen LogP contribution in [0.1, 0.15) is 16.8 Å². The molecule has 5 rings (SSSR count). The van der Waals surface area contributed by atoms with Gasteiger partial charge >= 0.3 is 0 Å². The molecule has 1 fully saturated rings. The predicted octanol–water partition coefficient (Wildman–Crippen LogP) is 2.77. The van der Waals surface area contributed by atoms with Gasteiger partial charge in [-0.15, -0.1) is 0 Å². The molecule has 1 aliphatic rings. The van der Waals surface area contributed by atoms with Gasteiger partial charge in [-0.1, -0.05) is 12.1 Å². The van der Waals surface area contributed by atoms with Gasteiger partial charge in [-0.25, -0.2) is 15.0 Å². The maximum atomic E-state index is 13.2. The zero-order valence-electron chi connectivity index (χ0n) is 16.4. The van der Waals surface area contributed by atoms with Crippen molar-refractivity contribution in [1.82, 2.24) is 29.8 Å². The Morgan fingerprint density at radius 1 is 0.967 bits per heavy atom. The first-order valence-corrected chi connectivity index (χ1v) is 9.98. The molecular formula is C22H21N7O. The van der Waals surface area contributed by atoms with Gasteiger partial charge in [0.25, 0.3) is 5.91 Å². The SMILES string of the molecule is O=C(c1cccc(-c2cncc3[nH]cnc23)c1)N1CCCN(c2ncccn2)CC1. The van der Waals surface area contributed by atoms with Crippen LogP contribution >= 0.6 is 0 Å². The number of H-pyrrole nitrogens is 1. The van der Waals surface area contributed by atoms with E-state index in [2.05, 4.69) is 29.8 Å². The second kappa shape index (κ2) is 7.90. The average molecular weight is 399 g/mol. The predicted molar refractivity (Wildman–Crippen MR) is 114 cm³/mol. The number of hydrogen-bond acceptors (Lipinski definition) is 6. The van der Waals surface area contributed by atoms with Gasteiger partial charge in [-0.3, -0.25) is 9.78 Å². The van der Waals surface area contributed by atoms with Crippen molar-refractivity contribution in [3.63, 3.8) is 0 Å². The van der Waals surface area contributed by atoms with Crippen LogP contribution in [0.4, 0.5) is 5.95 Å². The third-order valence-corrected chi connectivity index (χ3v) is 5.37. The van der Waals surface area contributed by atoms with Crippen molar-refractivity contribution in [3.8, 4) is 11.1 Å². The van der Waals surface area contributed by atoms with Crippen LogP contribution in [0.5, 0.6) is 0 Å². The van der Waals surface area contributed by atoms with Crippen LogP contribution in [-0.2, 0) is 0 Å². The van der Waals surface area contributed by atoms with Gasteiger partial charge in [0, 0.05) is 55.9 Å². The number of nitrogens with zero attached hydrogens (tertiary/aromatic N) is 6. The number of rotatable bonds is 3. The molecule has 0 spiro atoms. The van der Waals surface area contributed by atoms with Gasteiger partial charge in [0.15, 0.2) is 0 Å². The second-order valence-corrected chi connectivity index (χ2v) is 7.25. The van der Waals surface area contributed by atoms with E-state index in [1.165, 1.54) is 0 Å². The first-order valence-electron chi connectivity index (χ1n) is 9.98. The highest BCUT2D eigenvalue weighted by molar-refractivity contribution is 5.97. The molecule has 8 heteroatoms. The lowest BCUT2D eigenvalue weighted by Gasteiger charge is -2.22. The van der Waals surface area contributed by atoms with Crippen LogP contribution in [0, 0.1) is 0 Å². The molecule has 4 heterocycles. The Balaban J connectivity index is 1.37. The highest BCUT2D eigenvalue weighted by Gasteiger charge is 2.22. The lowest BCUT2D eigenvalue weighted by Crippen LogP contribution is -2.35. The fourth-order valence-corrected chi connectivity index (χ4v) is 3.85. The molecular weight excluding hydrogens is 378 g/mol. The molecule has 0 saturated carbocycles. The van der Waals surface area contributed by atoms with Gasteiger partial charge in [0.1, 0.15) is 0 Å². The maximum absolute atomic E-state index is 13.2. The Hall–Kier alpha value is -3.81. The molecule has 0 aliphatic carbocycles. The Morgan fingerprint density at radius 2 is 1.87 bits per heavy atom. The first kappa shape index (κ1) is 18.2. The molecule has 0 bridgehead atoms. The summed E-state index contributed by atoms with van der Waals surface area (Å²) in [6.45, 7) is 2.90. The molecule has 1 N–H and O–H groups in total. The molecule has 1 aromatic carbocycles. The third-order valence-electron chi connectivity index (χ3n) is 5.37. The summed E-state index contributed by atoms with van der Waals surface area (Å²) in [7, 11) is 0. The number of pyridine rings is 1. The zero-order valence-corrected chi connectivity index (χ0v) is 16.4. The lowest BCUT2D eigenvalue weighted by molar-refractivity contribution is 0.0767. The van der Waals surface area contributed by atoms with Gasteiger partial charge in [-0.2, -0.15) is 0 Å². The van der Waals surface area contributed by atoms with Crippen LogP contribution in [-0.4, -0.2) is 61.9 Å². The zero-order chi connectivity index (χ0) is 20.3. The summed E-state index contributed by atoms with van der Waals surface area (Å²) >= 11 is 0. The molecule has 3 aromatic heterocycles. The number of nitrogens with one attached hydrogen (secondary N) is 1. The number of anilines is 1. The number of imidazole rings is 1. The van der Waals surface area contributed by atoms with E-state index in [1.807, 2.05) is 35.2 Å². The number of amides is 1. The van der Waals surface area contributed by atoms with E-state index in [0.717, 1.165) is 35.1 Å². The summed E-state index contributed by atoms with van der Waals surface area (Å²) in [5.74, 6) is 0.753. The standard InChI is InChI=1S/C22H21N7O/c30-21(28-8-3-9-29(11-10-28)22-24-6-2-7-25-22)17-5-1-4-16(12-17)18-13-23-14-19-20(18)27-15-26-19/h1-2,4-7,12-15H,3,8-11H2,(H,26,27). The van der Waals surface area contributed by atoms with E-state index in [4.69, 9.17) is 0 Å². The number of aromatic nitrogens is 5. The molecule has 30 heavy (non-hydrogen) atoms. The topological polar surface area (TPSA) is 90.9 Å². The van der Waals surface area contributed by atoms with Gasteiger partial charge in [0.2, 0.25) is 5.95 Å². The van der Waals surface area contributed by atoms with Crippen molar-refractivity contribution >= 4 is 22.9 Å². The Kier molecular flexibility index (Phi) is 4.80. The summed E-state index contributed by atoms with van der Waals surface area (Å²) in [6, 6.07) is 9.50.